The van der Waals surface area contributed by atoms with Gasteiger partial charge in [-0.15, -0.1) is 0 Å². The van der Waals surface area contributed by atoms with Gasteiger partial charge in [0, 0.05) is 23.1 Å². The fourth-order valence-corrected chi connectivity index (χ4v) is 14.4. The van der Waals surface area contributed by atoms with Gasteiger partial charge in [0.15, 0.2) is 0 Å². The van der Waals surface area contributed by atoms with Crippen LogP contribution >= 0.6 is 0 Å². The molecule has 0 fully saturated rings. The van der Waals surface area contributed by atoms with Crippen LogP contribution in [0.3, 0.4) is 0 Å². The van der Waals surface area contributed by atoms with Gasteiger partial charge in [0.25, 0.3) is 0 Å². The molecule has 0 spiro atoms. The Hall–Kier alpha value is -2.43. The van der Waals surface area contributed by atoms with Crippen molar-refractivity contribution < 1.29 is 19.1 Å². The van der Waals surface area contributed by atoms with E-state index in [0.29, 0.717) is 0 Å². The second-order valence-electron chi connectivity index (χ2n) is 27.7. The molecule has 1 aliphatic heterocycles. The summed E-state index contributed by atoms with van der Waals surface area (Å²) in [5, 5.41) is 2.86. The van der Waals surface area contributed by atoms with E-state index in [1.807, 2.05) is 14.4 Å². The minimum atomic E-state index is 0.862. The number of hydrogen-bond donors (Lipinski definition) is 0. The SMILES string of the molecule is CCCCCCCCCCCCCCCCCCCCCCCCCCCC#CC1=C(c2ccc(CCCCCC)cc2)[N+](=[N-])C(c2ccc(CCCC)cc2)=C1CCCCC.CCCCCCCCCCCC[CH2][Ni][CH2]CCCCCCCCCCCC. The third kappa shape index (κ3) is 46.3. The molecule has 514 valence electrons. The van der Waals surface area contributed by atoms with Crippen molar-refractivity contribution >= 4 is 11.4 Å². The summed E-state index contributed by atoms with van der Waals surface area (Å²) < 4.78 is 1.49. The predicted molar refractivity (Wildman–Crippen MR) is 397 cm³/mol. The first-order chi connectivity index (χ1) is 44.1. The molecule has 0 unspecified atom stereocenters. The summed E-state index contributed by atoms with van der Waals surface area (Å²) in [5.74, 6) is 7.29. The summed E-state index contributed by atoms with van der Waals surface area (Å²) in [7, 11) is 0. The summed E-state index contributed by atoms with van der Waals surface area (Å²) in [6, 6.07) is 17.9. The van der Waals surface area contributed by atoms with Gasteiger partial charge in [-0.05, 0) is 80.3 Å². The van der Waals surface area contributed by atoms with Gasteiger partial charge < -0.3 is 5.53 Å². The summed E-state index contributed by atoms with van der Waals surface area (Å²) in [4.78, 5) is 0. The maximum atomic E-state index is 12.1. The molecular formula is C86H150N2Ni. The van der Waals surface area contributed by atoms with Crippen LogP contribution in [-0.2, 0) is 27.3 Å². The molecule has 0 amide bonds. The van der Waals surface area contributed by atoms with E-state index in [2.05, 4.69) is 102 Å². The number of aryl methyl sites for hydroxylation is 2. The molecule has 2 aromatic carbocycles. The van der Waals surface area contributed by atoms with Gasteiger partial charge >= 0.3 is 166 Å². The number of allylic oxidation sites excluding steroid dienone is 2. The van der Waals surface area contributed by atoms with Crippen molar-refractivity contribution in [3.63, 3.8) is 0 Å². The number of nitrogens with zero attached hydrogens (tertiary/aromatic N) is 2. The minimum Gasteiger partial charge on any atom is -0.0654 e. The van der Waals surface area contributed by atoms with Crippen molar-refractivity contribution in [2.75, 3.05) is 0 Å². The number of hydrogen-bond acceptors (Lipinski definition) is 0. The third-order valence-electron chi connectivity index (χ3n) is 19.1. The van der Waals surface area contributed by atoms with Crippen LogP contribution in [0.15, 0.2) is 59.7 Å². The van der Waals surface area contributed by atoms with E-state index in [1.54, 1.807) is 0 Å². The molecule has 2 aromatic rings. The second kappa shape index (κ2) is 64.3. The Morgan fingerprint density at radius 2 is 0.539 bits per heavy atom. The van der Waals surface area contributed by atoms with Gasteiger partial charge in [0.2, 0.25) is 11.4 Å². The summed E-state index contributed by atoms with van der Waals surface area (Å²) in [6.45, 7) is 13.7. The van der Waals surface area contributed by atoms with Gasteiger partial charge in [0.05, 0.1) is 0 Å². The summed E-state index contributed by atoms with van der Waals surface area (Å²) >= 11 is 2.03. The van der Waals surface area contributed by atoms with Gasteiger partial charge in [-0.25, -0.2) is 4.70 Å². The first-order valence-corrected chi connectivity index (χ1v) is 41.5. The van der Waals surface area contributed by atoms with Crippen molar-refractivity contribution in [1.82, 2.24) is 0 Å². The van der Waals surface area contributed by atoms with E-state index >= 15 is 0 Å². The molecule has 0 aromatic heterocycles. The van der Waals surface area contributed by atoms with Crippen LogP contribution in [0.4, 0.5) is 0 Å². The van der Waals surface area contributed by atoms with Crippen LogP contribution in [0.1, 0.15) is 436 Å². The molecule has 0 bridgehead atoms. The van der Waals surface area contributed by atoms with Crippen LogP contribution in [-0.4, -0.2) is 4.70 Å². The number of benzene rings is 2. The fraction of sp³-hybridized carbons (Fsp3) is 0.791. The average molecular weight is 1270 g/mol. The fourth-order valence-electron chi connectivity index (χ4n) is 13.1. The number of rotatable bonds is 63. The van der Waals surface area contributed by atoms with Gasteiger partial charge in [-0.1, -0.05) is 270 Å². The van der Waals surface area contributed by atoms with Crippen molar-refractivity contribution in [2.45, 2.75) is 438 Å². The first kappa shape index (κ1) is 82.7. The molecule has 2 nitrogen and oxygen atoms in total. The quantitative estimate of drug-likeness (QED) is 0.0273. The van der Waals surface area contributed by atoms with Crippen LogP contribution in [0.25, 0.3) is 16.9 Å². The molecule has 0 saturated heterocycles. The standard InChI is InChI=1S/C60H96N2.2C13H27.Ni/c1-5-9-13-15-16-17-18-19-20-21-22-23-24-25-26-27-28-29-30-31-32-33-34-35-36-37-40-44-58-57(43-38-11-7-3)59(55-49-45-53(46-50-55)41-12-8-4)62(61)60(58)56-51-47-54(48-52-56)42-39-14-10-6-2;2*1-3-5-7-9-11-13-12-10-8-6-4-2;/h45-52H,5-39,41-43H2,1-4H3;2*1,3-13H2,2H3;. The monoisotopic (exact) mass is 1270 g/mol. The topological polar surface area (TPSA) is 25.3 Å². The van der Waals surface area contributed by atoms with E-state index in [0.717, 1.165) is 66.6 Å². The summed E-state index contributed by atoms with van der Waals surface area (Å²) in [6.07, 6.45) is 82.8. The Labute approximate surface area is 563 Å². The predicted octanol–water partition coefficient (Wildman–Crippen LogP) is 30.6. The Kier molecular flexibility index (Phi) is 59.7. The normalized spacial score (nSPS) is 12.4. The molecule has 3 heteroatoms. The average Bonchev–Trinajstić information content (AvgIpc) is 2.01. The first-order valence-electron chi connectivity index (χ1n) is 40.1. The molecule has 0 atom stereocenters. The molecule has 0 radical (unpaired) electrons. The Balaban J connectivity index is 0.000000837. The Bertz CT molecular complexity index is 1950. The molecule has 0 N–H and O–H groups in total. The van der Waals surface area contributed by atoms with E-state index in [-0.39, 0.29) is 0 Å². The van der Waals surface area contributed by atoms with Gasteiger partial charge in [0.1, 0.15) is 5.57 Å². The molecule has 89 heavy (non-hydrogen) atoms. The number of unbranched alkanes of at least 4 members (excludes halogenated alkanes) is 51. The minimum absolute atomic E-state index is 0.862. The van der Waals surface area contributed by atoms with Crippen LogP contribution in [0.5, 0.6) is 0 Å². The third-order valence-corrected chi connectivity index (χ3v) is 20.5. The van der Waals surface area contributed by atoms with Crippen molar-refractivity contribution in [1.29, 1.82) is 0 Å². The molecule has 1 heterocycles. The van der Waals surface area contributed by atoms with Crippen LogP contribution in [0.2, 0.25) is 10.8 Å². The second-order valence-corrected chi connectivity index (χ2v) is 29.2. The van der Waals surface area contributed by atoms with Crippen LogP contribution in [0, 0.1) is 11.8 Å². The maximum absolute atomic E-state index is 12.1. The van der Waals surface area contributed by atoms with Gasteiger partial charge in [-0.3, -0.25) is 0 Å². The summed E-state index contributed by atoms with van der Waals surface area (Å²) in [5.41, 5.74) is 21.0. The Morgan fingerprint density at radius 3 is 0.876 bits per heavy atom. The van der Waals surface area contributed by atoms with E-state index in [4.69, 9.17) is 0 Å². The van der Waals surface area contributed by atoms with E-state index < -0.39 is 0 Å². The van der Waals surface area contributed by atoms with Gasteiger partial charge in [-0.2, -0.15) is 0 Å². The zero-order valence-corrected chi connectivity index (χ0v) is 61.7. The molecular weight excluding hydrogens is 1120 g/mol. The van der Waals surface area contributed by atoms with Crippen molar-refractivity contribution in [3.05, 3.63) is 87.5 Å². The molecule has 0 aliphatic carbocycles. The van der Waals surface area contributed by atoms with Crippen molar-refractivity contribution in [2.24, 2.45) is 0 Å². The Morgan fingerprint density at radius 1 is 0.281 bits per heavy atom. The van der Waals surface area contributed by atoms with Crippen molar-refractivity contribution in [3.8, 4) is 11.8 Å². The van der Waals surface area contributed by atoms with E-state index in [1.165, 1.54) is 379 Å². The molecule has 1 aliphatic rings. The molecule has 0 saturated carbocycles. The van der Waals surface area contributed by atoms with Crippen LogP contribution < -0.4 is 0 Å². The zero-order valence-electron chi connectivity index (χ0n) is 60.7. The smallest absolute Gasteiger partial charge is 0.0654 e. The zero-order chi connectivity index (χ0) is 63.8. The molecule has 3 rings (SSSR count). The van der Waals surface area contributed by atoms with E-state index in [9.17, 15) is 5.53 Å².